The van der Waals surface area contributed by atoms with Crippen LogP contribution in [0.4, 0.5) is 5.95 Å². The SMILES string of the molecule is N/C=C\C(=C/N)c1nc(N2CCC2)nc2c1CCC2. The Bertz CT molecular complexity index is 543. The molecule has 2 aliphatic rings. The van der Waals surface area contributed by atoms with Crippen LogP contribution in [0.3, 0.4) is 0 Å². The maximum atomic E-state index is 5.71. The van der Waals surface area contributed by atoms with E-state index in [1.165, 1.54) is 23.9 Å². The third kappa shape index (κ3) is 2.05. The van der Waals surface area contributed by atoms with Crippen molar-refractivity contribution < 1.29 is 0 Å². The van der Waals surface area contributed by atoms with Crippen LogP contribution >= 0.6 is 0 Å². The van der Waals surface area contributed by atoms with E-state index in [4.69, 9.17) is 21.4 Å². The maximum Gasteiger partial charge on any atom is 0.226 e. The van der Waals surface area contributed by atoms with Crippen LogP contribution in [0.25, 0.3) is 5.57 Å². The van der Waals surface area contributed by atoms with Crippen LogP contribution in [0.1, 0.15) is 29.8 Å². The van der Waals surface area contributed by atoms with Crippen molar-refractivity contribution in [2.24, 2.45) is 11.5 Å². The highest BCUT2D eigenvalue weighted by atomic mass is 15.3. The Hall–Kier alpha value is -2.04. The third-order valence-corrected chi connectivity index (χ3v) is 3.79. The van der Waals surface area contributed by atoms with E-state index >= 15 is 0 Å². The van der Waals surface area contributed by atoms with E-state index < -0.39 is 0 Å². The zero-order valence-corrected chi connectivity index (χ0v) is 11.0. The van der Waals surface area contributed by atoms with Gasteiger partial charge < -0.3 is 16.4 Å². The first kappa shape index (κ1) is 12.0. The molecule has 1 fully saturated rings. The predicted molar refractivity (Wildman–Crippen MR) is 76.4 cm³/mol. The van der Waals surface area contributed by atoms with Gasteiger partial charge in [0.2, 0.25) is 5.95 Å². The number of aryl methyl sites for hydroxylation is 1. The molecule has 1 aliphatic heterocycles. The van der Waals surface area contributed by atoms with Gasteiger partial charge in [0.25, 0.3) is 0 Å². The van der Waals surface area contributed by atoms with Gasteiger partial charge in [0.15, 0.2) is 0 Å². The van der Waals surface area contributed by atoms with Crippen LogP contribution in [-0.4, -0.2) is 23.1 Å². The number of hydrogen-bond acceptors (Lipinski definition) is 5. The molecule has 2 heterocycles. The zero-order valence-electron chi connectivity index (χ0n) is 11.0. The van der Waals surface area contributed by atoms with Gasteiger partial charge in [-0.1, -0.05) is 0 Å². The average Bonchev–Trinajstić information content (AvgIpc) is 2.81. The molecule has 0 spiro atoms. The van der Waals surface area contributed by atoms with Crippen LogP contribution < -0.4 is 16.4 Å². The van der Waals surface area contributed by atoms with E-state index in [1.807, 2.05) is 0 Å². The number of fused-ring (bicyclic) bond motifs is 1. The molecule has 5 nitrogen and oxygen atoms in total. The van der Waals surface area contributed by atoms with Gasteiger partial charge in [0.1, 0.15) is 0 Å². The molecule has 0 amide bonds. The van der Waals surface area contributed by atoms with Gasteiger partial charge in [0, 0.05) is 36.1 Å². The molecule has 1 aromatic rings. The fraction of sp³-hybridized carbons (Fsp3) is 0.429. The van der Waals surface area contributed by atoms with E-state index in [1.54, 1.807) is 12.3 Å². The fourth-order valence-electron chi connectivity index (χ4n) is 2.63. The Morgan fingerprint density at radius 3 is 2.58 bits per heavy atom. The van der Waals surface area contributed by atoms with Crippen molar-refractivity contribution in [1.82, 2.24) is 9.97 Å². The Morgan fingerprint density at radius 2 is 1.95 bits per heavy atom. The minimum Gasteiger partial charge on any atom is -0.405 e. The summed E-state index contributed by atoms with van der Waals surface area (Å²) < 4.78 is 0. The Balaban J connectivity index is 2.08. The number of hydrogen-bond donors (Lipinski definition) is 2. The molecule has 19 heavy (non-hydrogen) atoms. The molecule has 0 bridgehead atoms. The lowest BCUT2D eigenvalue weighted by Crippen LogP contribution is -2.38. The summed E-state index contributed by atoms with van der Waals surface area (Å²) in [6, 6.07) is 0. The van der Waals surface area contributed by atoms with E-state index in [9.17, 15) is 0 Å². The van der Waals surface area contributed by atoms with Crippen LogP contribution in [0.2, 0.25) is 0 Å². The molecule has 1 saturated heterocycles. The monoisotopic (exact) mass is 257 g/mol. The molecular weight excluding hydrogens is 238 g/mol. The van der Waals surface area contributed by atoms with Crippen LogP contribution in [-0.2, 0) is 12.8 Å². The second-order valence-corrected chi connectivity index (χ2v) is 4.97. The van der Waals surface area contributed by atoms with Gasteiger partial charge >= 0.3 is 0 Å². The van der Waals surface area contributed by atoms with Crippen LogP contribution in [0.5, 0.6) is 0 Å². The number of nitrogens with zero attached hydrogens (tertiary/aromatic N) is 3. The summed E-state index contributed by atoms with van der Waals surface area (Å²) in [6.45, 7) is 2.10. The summed E-state index contributed by atoms with van der Waals surface area (Å²) in [4.78, 5) is 11.6. The molecule has 0 atom stereocenters. The fourth-order valence-corrected chi connectivity index (χ4v) is 2.63. The highest BCUT2D eigenvalue weighted by Gasteiger charge is 2.24. The summed E-state index contributed by atoms with van der Waals surface area (Å²) in [5, 5.41) is 0. The number of aromatic nitrogens is 2. The Morgan fingerprint density at radius 1 is 1.11 bits per heavy atom. The van der Waals surface area contributed by atoms with Crippen molar-refractivity contribution in [3.63, 3.8) is 0 Å². The van der Waals surface area contributed by atoms with Crippen molar-refractivity contribution in [2.45, 2.75) is 25.7 Å². The normalized spacial score (nSPS) is 18.7. The minimum absolute atomic E-state index is 0.840. The lowest BCUT2D eigenvalue weighted by Gasteiger charge is -2.31. The van der Waals surface area contributed by atoms with Crippen LogP contribution in [0, 0.1) is 0 Å². The van der Waals surface area contributed by atoms with Crippen molar-refractivity contribution in [2.75, 3.05) is 18.0 Å². The quantitative estimate of drug-likeness (QED) is 0.788. The first-order valence-electron chi connectivity index (χ1n) is 6.78. The zero-order chi connectivity index (χ0) is 13.2. The summed E-state index contributed by atoms with van der Waals surface area (Å²) in [6.07, 6.45) is 9.32. The summed E-state index contributed by atoms with van der Waals surface area (Å²) in [5.41, 5.74) is 15.5. The number of allylic oxidation sites excluding steroid dienone is 2. The number of nitrogens with two attached hydrogens (primary N) is 2. The smallest absolute Gasteiger partial charge is 0.226 e. The molecule has 3 rings (SSSR count). The molecule has 0 unspecified atom stereocenters. The molecule has 0 radical (unpaired) electrons. The van der Waals surface area contributed by atoms with Gasteiger partial charge in [0.05, 0.1) is 5.69 Å². The maximum absolute atomic E-state index is 5.71. The molecule has 1 aromatic heterocycles. The van der Waals surface area contributed by atoms with Crippen molar-refractivity contribution in [1.29, 1.82) is 0 Å². The second-order valence-electron chi connectivity index (χ2n) is 4.97. The third-order valence-electron chi connectivity index (χ3n) is 3.79. The van der Waals surface area contributed by atoms with Gasteiger partial charge in [-0.2, -0.15) is 0 Å². The molecule has 100 valence electrons. The van der Waals surface area contributed by atoms with E-state index in [-0.39, 0.29) is 0 Å². The number of rotatable bonds is 3. The van der Waals surface area contributed by atoms with Gasteiger partial charge in [-0.15, -0.1) is 0 Å². The standard InChI is InChI=1S/C14H19N5/c15-6-5-10(9-16)13-11-3-1-4-12(11)17-14(18-13)19-7-2-8-19/h5-6,9H,1-4,7-8,15-16H2/b6-5-,10-9+. The van der Waals surface area contributed by atoms with E-state index in [2.05, 4.69) is 4.90 Å². The topological polar surface area (TPSA) is 81.1 Å². The van der Waals surface area contributed by atoms with E-state index in [0.717, 1.165) is 49.6 Å². The summed E-state index contributed by atoms with van der Waals surface area (Å²) in [5.74, 6) is 0.840. The van der Waals surface area contributed by atoms with E-state index in [0.29, 0.717) is 0 Å². The van der Waals surface area contributed by atoms with Crippen molar-refractivity contribution in [3.8, 4) is 0 Å². The molecule has 5 heteroatoms. The molecule has 0 saturated carbocycles. The molecule has 1 aliphatic carbocycles. The molecule has 4 N–H and O–H groups in total. The lowest BCUT2D eigenvalue weighted by atomic mass is 10.1. The largest absolute Gasteiger partial charge is 0.405 e. The molecular formula is C14H19N5. The highest BCUT2D eigenvalue weighted by Crippen LogP contribution is 2.30. The van der Waals surface area contributed by atoms with Crippen molar-refractivity contribution >= 4 is 11.5 Å². The van der Waals surface area contributed by atoms with Crippen molar-refractivity contribution in [3.05, 3.63) is 35.4 Å². The Labute approximate surface area is 113 Å². The van der Waals surface area contributed by atoms with Crippen LogP contribution in [0.15, 0.2) is 18.5 Å². The molecule has 0 aromatic carbocycles. The first-order valence-corrected chi connectivity index (χ1v) is 6.78. The Kier molecular flexibility index (Phi) is 3.11. The minimum atomic E-state index is 0.840. The number of anilines is 1. The van der Waals surface area contributed by atoms with Gasteiger partial charge in [-0.05, 0) is 38.0 Å². The second kappa shape index (κ2) is 4.91. The van der Waals surface area contributed by atoms with Gasteiger partial charge in [-0.3, -0.25) is 0 Å². The van der Waals surface area contributed by atoms with Gasteiger partial charge in [-0.25, -0.2) is 9.97 Å². The highest BCUT2D eigenvalue weighted by molar-refractivity contribution is 5.74. The predicted octanol–water partition coefficient (Wildman–Crippen LogP) is 0.947. The average molecular weight is 257 g/mol. The lowest BCUT2D eigenvalue weighted by molar-refractivity contribution is 0.598. The summed E-state index contributed by atoms with van der Waals surface area (Å²) >= 11 is 0. The summed E-state index contributed by atoms with van der Waals surface area (Å²) in [7, 11) is 0. The first-order chi connectivity index (χ1) is 9.33.